The van der Waals surface area contributed by atoms with Gasteiger partial charge in [0, 0.05) is 25.0 Å². The minimum atomic E-state index is -1.42. The lowest BCUT2D eigenvalue weighted by Gasteiger charge is -2.30. The number of aliphatic hydroxyl groups is 1. The summed E-state index contributed by atoms with van der Waals surface area (Å²) in [5.41, 5.74) is 2.67. The van der Waals surface area contributed by atoms with Gasteiger partial charge in [0.1, 0.15) is 0 Å². The van der Waals surface area contributed by atoms with Crippen molar-refractivity contribution in [2.24, 2.45) is 0 Å². The number of nitrogens with one attached hydrogen (secondary N) is 1. The summed E-state index contributed by atoms with van der Waals surface area (Å²) in [5, 5.41) is 13.2. The second-order valence-corrected chi connectivity index (χ2v) is 9.45. The topological polar surface area (TPSA) is 102 Å². The highest BCUT2D eigenvalue weighted by atomic mass is 16.6. The summed E-state index contributed by atoms with van der Waals surface area (Å²) in [5.74, 6) is -1.22. The molecule has 0 aromatic rings. The molecule has 0 aromatic heterocycles. The Balaban J connectivity index is 2.26. The molecular formula is C30H39NO6. The lowest BCUT2D eigenvalue weighted by molar-refractivity contribution is -0.151. The van der Waals surface area contributed by atoms with Crippen LogP contribution in [0.4, 0.5) is 0 Å². The van der Waals surface area contributed by atoms with Crippen LogP contribution in [0.2, 0.25) is 0 Å². The van der Waals surface area contributed by atoms with Gasteiger partial charge < -0.3 is 19.9 Å². The molecule has 37 heavy (non-hydrogen) atoms. The van der Waals surface area contributed by atoms with Crippen molar-refractivity contribution in [1.82, 2.24) is 5.32 Å². The lowest BCUT2D eigenvalue weighted by atomic mass is 9.95. The highest BCUT2D eigenvalue weighted by molar-refractivity contribution is 5.91. The number of cyclic esters (lactones) is 1. The molecule has 0 unspecified atom stereocenters. The molecule has 0 radical (unpaired) electrons. The van der Waals surface area contributed by atoms with Crippen molar-refractivity contribution in [2.45, 2.75) is 83.8 Å². The number of esters is 1. The van der Waals surface area contributed by atoms with Crippen molar-refractivity contribution >= 4 is 17.7 Å². The van der Waals surface area contributed by atoms with Gasteiger partial charge in [0.2, 0.25) is 5.91 Å². The van der Waals surface area contributed by atoms with Crippen LogP contribution in [-0.4, -0.2) is 47.3 Å². The Bertz CT molecular complexity index is 1010. The molecule has 0 aliphatic carbocycles. The fraction of sp³-hybridized carbons (Fsp3) is 0.433. The Kier molecular flexibility index (Phi) is 12.7. The van der Waals surface area contributed by atoms with Crippen molar-refractivity contribution < 1.29 is 29.0 Å². The summed E-state index contributed by atoms with van der Waals surface area (Å²) in [6.07, 6.45) is 16.7. The maximum absolute atomic E-state index is 12.5. The third kappa shape index (κ3) is 12.0. The Labute approximate surface area is 220 Å². The number of ketones is 1. The number of hydrogen-bond donors (Lipinski definition) is 2. The fourth-order valence-electron chi connectivity index (χ4n) is 4.06. The maximum Gasteiger partial charge on any atom is 0.331 e. The van der Waals surface area contributed by atoms with Crippen molar-refractivity contribution in [3.05, 3.63) is 84.1 Å². The molecular weight excluding hydrogens is 470 g/mol. The van der Waals surface area contributed by atoms with E-state index in [1.807, 2.05) is 32.1 Å². The van der Waals surface area contributed by atoms with Crippen molar-refractivity contribution in [1.29, 1.82) is 0 Å². The number of fused-ring (bicyclic) bond motifs is 2. The molecule has 2 N–H and O–H groups in total. The zero-order valence-corrected chi connectivity index (χ0v) is 22.0. The molecule has 200 valence electrons. The lowest BCUT2D eigenvalue weighted by Crippen LogP contribution is -2.44. The Morgan fingerprint density at radius 1 is 1.19 bits per heavy atom. The average molecular weight is 510 g/mol. The van der Waals surface area contributed by atoms with Gasteiger partial charge in [-0.05, 0) is 45.6 Å². The van der Waals surface area contributed by atoms with Crippen molar-refractivity contribution in [3.8, 4) is 0 Å². The van der Waals surface area contributed by atoms with Gasteiger partial charge in [0.15, 0.2) is 18.1 Å². The number of ether oxygens (including phenoxy) is 2. The van der Waals surface area contributed by atoms with E-state index in [9.17, 15) is 19.5 Å². The number of aliphatic hydroxyl groups excluding tert-OH is 1. The predicted molar refractivity (Wildman–Crippen MR) is 144 cm³/mol. The molecule has 7 heteroatoms. The van der Waals surface area contributed by atoms with Crippen LogP contribution >= 0.6 is 0 Å². The first-order valence-corrected chi connectivity index (χ1v) is 12.7. The zero-order chi connectivity index (χ0) is 27.2. The van der Waals surface area contributed by atoms with Crippen LogP contribution < -0.4 is 5.32 Å². The van der Waals surface area contributed by atoms with Gasteiger partial charge in [-0.2, -0.15) is 0 Å². The van der Waals surface area contributed by atoms with Crippen LogP contribution in [-0.2, 0) is 23.9 Å². The van der Waals surface area contributed by atoms with Gasteiger partial charge in [-0.25, -0.2) is 4.79 Å². The van der Waals surface area contributed by atoms with E-state index in [1.165, 1.54) is 18.2 Å². The van der Waals surface area contributed by atoms with Crippen LogP contribution in [0.15, 0.2) is 84.1 Å². The Hall–Kier alpha value is -3.29. The third-order valence-corrected chi connectivity index (χ3v) is 5.78. The van der Waals surface area contributed by atoms with E-state index in [0.717, 1.165) is 29.6 Å². The second kappa shape index (κ2) is 15.7. The number of carbonyl (C=O) groups is 3. The van der Waals surface area contributed by atoms with Gasteiger partial charge in [-0.1, -0.05) is 72.8 Å². The van der Waals surface area contributed by atoms with Crippen LogP contribution in [0.5, 0.6) is 0 Å². The van der Waals surface area contributed by atoms with Crippen molar-refractivity contribution in [2.75, 3.05) is 0 Å². The molecule has 2 bridgehead atoms. The monoisotopic (exact) mass is 509 g/mol. The first-order valence-electron chi connectivity index (χ1n) is 12.7. The van der Waals surface area contributed by atoms with Gasteiger partial charge in [0.05, 0.1) is 12.2 Å². The number of carbonyl (C=O) groups excluding carboxylic acids is 3. The summed E-state index contributed by atoms with van der Waals surface area (Å²) in [6, 6.07) is 0. The van der Waals surface area contributed by atoms with Crippen LogP contribution in [0.25, 0.3) is 0 Å². The normalized spacial score (nSPS) is 29.8. The summed E-state index contributed by atoms with van der Waals surface area (Å²) in [4.78, 5) is 37.0. The van der Waals surface area contributed by atoms with Crippen molar-refractivity contribution in [3.63, 3.8) is 0 Å². The van der Waals surface area contributed by atoms with Crippen LogP contribution in [0, 0.1) is 0 Å². The van der Waals surface area contributed by atoms with Gasteiger partial charge in [-0.15, -0.1) is 0 Å². The molecule has 2 aliphatic rings. The third-order valence-electron chi connectivity index (χ3n) is 5.78. The molecule has 2 rings (SSSR count). The number of hydrogen-bond acceptors (Lipinski definition) is 6. The molecule has 1 saturated heterocycles. The van der Waals surface area contributed by atoms with Gasteiger partial charge in [0.25, 0.3) is 0 Å². The highest BCUT2D eigenvalue weighted by Crippen LogP contribution is 2.27. The number of allylic oxidation sites excluding steroid dienone is 7. The maximum atomic E-state index is 12.5. The van der Waals surface area contributed by atoms with E-state index in [-0.39, 0.29) is 30.8 Å². The van der Waals surface area contributed by atoms with Gasteiger partial charge in [-0.3, -0.25) is 9.59 Å². The van der Waals surface area contributed by atoms with E-state index in [4.69, 9.17) is 9.47 Å². The summed E-state index contributed by atoms with van der Waals surface area (Å²) < 4.78 is 11.7. The second-order valence-electron chi connectivity index (χ2n) is 9.45. The molecule has 1 amide bonds. The predicted octanol–water partition coefficient (Wildman–Crippen LogP) is 4.72. The smallest absolute Gasteiger partial charge is 0.331 e. The average Bonchev–Trinajstić information content (AvgIpc) is 2.80. The summed E-state index contributed by atoms with van der Waals surface area (Å²) >= 11 is 0. The fourth-order valence-corrected chi connectivity index (χ4v) is 4.06. The molecule has 0 saturated carbocycles. The first-order chi connectivity index (χ1) is 17.7. The van der Waals surface area contributed by atoms with E-state index >= 15 is 0 Å². The Morgan fingerprint density at radius 2 is 1.97 bits per heavy atom. The van der Waals surface area contributed by atoms with E-state index in [1.54, 1.807) is 31.2 Å². The van der Waals surface area contributed by atoms with Crippen LogP contribution in [0.1, 0.15) is 59.3 Å². The highest BCUT2D eigenvalue weighted by Gasteiger charge is 2.26. The largest absolute Gasteiger partial charge is 0.454 e. The number of rotatable bonds is 5. The van der Waals surface area contributed by atoms with Crippen LogP contribution in [0.3, 0.4) is 0 Å². The van der Waals surface area contributed by atoms with E-state index < -0.39 is 24.2 Å². The minimum Gasteiger partial charge on any atom is -0.454 e. The summed E-state index contributed by atoms with van der Waals surface area (Å²) in [6.45, 7) is 9.78. The van der Waals surface area contributed by atoms with E-state index in [2.05, 4.69) is 11.9 Å². The molecule has 2 heterocycles. The summed E-state index contributed by atoms with van der Waals surface area (Å²) in [7, 11) is 0. The van der Waals surface area contributed by atoms with Gasteiger partial charge >= 0.3 is 5.97 Å². The molecule has 7 nitrogen and oxygen atoms in total. The standard InChI is InChI=1S/C30H39NO6/c1-5-6-7-8-14-28(33)31-30(35)27-20-23(4)19-26-18-22(3)17-25(36-26)13-10-12-24(32)16-21(2)11-9-15-29(34)37-27/h6-12,14-15,19,25-27,30,35H,3,5,13,16-18,20H2,1-2,4H3,(H,31,33)/b7-6+,12-10+,14-8-,15-9+,21-11-,23-19+/t25-,26-,27-,30+/m0/s1. The minimum absolute atomic E-state index is 0.0362. The first kappa shape index (κ1) is 29.9. The molecule has 0 aromatic carbocycles. The van der Waals surface area contributed by atoms with E-state index in [0.29, 0.717) is 12.8 Å². The molecule has 4 atom stereocenters. The quantitative estimate of drug-likeness (QED) is 0.183. The SMILES string of the molecule is C=C1C[C@@H]2C/C=C/C(=O)C/C(C)=C\C=C\C(=O)O[C@H]([C@@H](O)NC(=O)/C=C\C=C\CC)C/C(C)=C/[C@H](C1)O2. The number of amides is 1. The molecule has 1 fully saturated rings. The molecule has 2 aliphatic heterocycles. The Morgan fingerprint density at radius 3 is 2.73 bits per heavy atom. The molecule has 0 spiro atoms. The zero-order valence-electron chi connectivity index (χ0n) is 22.0.